The molecule has 2 aromatic rings. The van der Waals surface area contributed by atoms with Gasteiger partial charge < -0.3 is 10.5 Å². The van der Waals surface area contributed by atoms with E-state index < -0.39 is 4.92 Å². The quantitative estimate of drug-likeness (QED) is 0.518. The Morgan fingerprint density at radius 1 is 1.11 bits per heavy atom. The van der Waals surface area contributed by atoms with E-state index in [1.165, 1.54) is 18.2 Å². The lowest BCUT2D eigenvalue weighted by Gasteiger charge is -2.09. The number of nitro benzene ring substituents is 1. The van der Waals surface area contributed by atoms with Crippen molar-refractivity contribution in [3.8, 4) is 11.5 Å². The van der Waals surface area contributed by atoms with Gasteiger partial charge in [0.15, 0.2) is 5.75 Å². The molecule has 0 aliphatic heterocycles. The molecule has 0 radical (unpaired) electrons. The van der Waals surface area contributed by atoms with Gasteiger partial charge in [0, 0.05) is 12.1 Å². The molecule has 5 heteroatoms. The first-order valence-corrected chi connectivity index (χ1v) is 5.76. The van der Waals surface area contributed by atoms with Crippen molar-refractivity contribution in [1.82, 2.24) is 0 Å². The number of nitrogen functional groups attached to an aromatic ring is 1. The first-order chi connectivity index (χ1) is 8.95. The summed E-state index contributed by atoms with van der Waals surface area (Å²) in [4.78, 5) is 10.1. The molecular weight excluding hydrogens is 244 g/mol. The van der Waals surface area contributed by atoms with Crippen LogP contribution in [0.1, 0.15) is 11.1 Å². The molecule has 0 saturated carbocycles. The Morgan fingerprint density at radius 3 is 2.26 bits per heavy atom. The van der Waals surface area contributed by atoms with E-state index >= 15 is 0 Å². The molecule has 19 heavy (non-hydrogen) atoms. The zero-order valence-electron chi connectivity index (χ0n) is 10.7. The van der Waals surface area contributed by atoms with E-state index in [0.717, 1.165) is 11.1 Å². The van der Waals surface area contributed by atoms with Crippen LogP contribution in [0.3, 0.4) is 0 Å². The van der Waals surface area contributed by atoms with Crippen LogP contribution in [0.2, 0.25) is 0 Å². The van der Waals surface area contributed by atoms with Crippen LogP contribution < -0.4 is 10.5 Å². The summed E-state index contributed by atoms with van der Waals surface area (Å²) in [6, 6.07) is 9.96. The Balaban J connectivity index is 2.30. The first kappa shape index (κ1) is 12.9. The van der Waals surface area contributed by atoms with Gasteiger partial charge in [-0.15, -0.1) is 0 Å². The van der Waals surface area contributed by atoms with Gasteiger partial charge in [-0.05, 0) is 43.2 Å². The molecule has 0 aliphatic rings. The minimum Gasteiger partial charge on any atom is -0.455 e. The second-order valence-electron chi connectivity index (χ2n) is 4.40. The molecule has 2 N–H and O–H groups in total. The number of hydrogen-bond donors (Lipinski definition) is 1. The number of nitrogens with two attached hydrogens (primary N) is 1. The van der Waals surface area contributed by atoms with Crippen molar-refractivity contribution in [1.29, 1.82) is 0 Å². The number of anilines is 1. The fourth-order valence-electron chi connectivity index (χ4n) is 1.86. The summed E-state index contributed by atoms with van der Waals surface area (Å²) in [5, 5.41) is 10.6. The summed E-state index contributed by atoms with van der Waals surface area (Å²) >= 11 is 0. The highest BCUT2D eigenvalue weighted by molar-refractivity contribution is 5.59. The Kier molecular flexibility index (Phi) is 3.37. The molecular formula is C14H14N2O3. The normalized spacial score (nSPS) is 10.2. The van der Waals surface area contributed by atoms with Gasteiger partial charge in [-0.3, -0.25) is 10.1 Å². The summed E-state index contributed by atoms with van der Waals surface area (Å²) in [6.07, 6.45) is 0. The van der Waals surface area contributed by atoms with Gasteiger partial charge in [-0.1, -0.05) is 6.07 Å². The predicted octanol–water partition coefficient (Wildman–Crippen LogP) is 3.59. The number of nitro groups is 1. The van der Waals surface area contributed by atoms with Crippen molar-refractivity contribution in [2.45, 2.75) is 13.8 Å². The lowest BCUT2D eigenvalue weighted by atomic mass is 10.1. The summed E-state index contributed by atoms with van der Waals surface area (Å²) in [5.74, 6) is 1.08. The largest absolute Gasteiger partial charge is 0.455 e. The molecule has 0 aromatic heterocycles. The minimum absolute atomic E-state index is 0.0507. The minimum atomic E-state index is -0.489. The second kappa shape index (κ2) is 4.97. The molecule has 2 rings (SSSR count). The van der Waals surface area contributed by atoms with E-state index in [-0.39, 0.29) is 11.4 Å². The Morgan fingerprint density at radius 2 is 1.74 bits per heavy atom. The van der Waals surface area contributed by atoms with E-state index in [1.807, 2.05) is 32.0 Å². The lowest BCUT2D eigenvalue weighted by Crippen LogP contribution is -1.95. The van der Waals surface area contributed by atoms with Crippen molar-refractivity contribution in [2.75, 3.05) is 5.73 Å². The number of nitrogens with zero attached hydrogens (tertiary/aromatic N) is 1. The molecule has 0 amide bonds. The average molecular weight is 258 g/mol. The smallest absolute Gasteiger partial charge is 0.271 e. The van der Waals surface area contributed by atoms with E-state index in [1.54, 1.807) is 0 Å². The summed E-state index contributed by atoms with van der Waals surface area (Å²) < 4.78 is 5.66. The van der Waals surface area contributed by atoms with Crippen LogP contribution in [0.4, 0.5) is 11.4 Å². The van der Waals surface area contributed by atoms with E-state index in [0.29, 0.717) is 11.5 Å². The van der Waals surface area contributed by atoms with Gasteiger partial charge in [-0.25, -0.2) is 0 Å². The number of aryl methyl sites for hydroxylation is 2. The van der Waals surface area contributed by atoms with Gasteiger partial charge in [0.25, 0.3) is 5.69 Å². The third kappa shape index (κ3) is 3.01. The first-order valence-electron chi connectivity index (χ1n) is 5.76. The number of ether oxygens (including phenoxy) is 1. The van der Waals surface area contributed by atoms with Crippen LogP contribution in [0, 0.1) is 24.0 Å². The van der Waals surface area contributed by atoms with Gasteiger partial charge in [0.1, 0.15) is 5.75 Å². The maximum Gasteiger partial charge on any atom is 0.271 e. The van der Waals surface area contributed by atoms with Gasteiger partial charge in [0.2, 0.25) is 0 Å². The predicted molar refractivity (Wildman–Crippen MR) is 73.5 cm³/mol. The molecule has 0 fully saturated rings. The number of rotatable bonds is 3. The van der Waals surface area contributed by atoms with Crippen LogP contribution in [0.15, 0.2) is 36.4 Å². The van der Waals surface area contributed by atoms with Crippen molar-refractivity contribution < 1.29 is 9.66 Å². The van der Waals surface area contributed by atoms with Gasteiger partial charge in [-0.2, -0.15) is 0 Å². The monoisotopic (exact) mass is 258 g/mol. The number of hydrogen-bond acceptors (Lipinski definition) is 4. The topological polar surface area (TPSA) is 78.4 Å². The van der Waals surface area contributed by atoms with Gasteiger partial charge in [0.05, 0.1) is 10.6 Å². The van der Waals surface area contributed by atoms with Crippen LogP contribution in [0.25, 0.3) is 0 Å². The molecule has 0 aliphatic carbocycles. The fourth-order valence-corrected chi connectivity index (χ4v) is 1.86. The maximum absolute atomic E-state index is 10.6. The third-order valence-electron chi connectivity index (χ3n) is 2.63. The van der Waals surface area contributed by atoms with Crippen LogP contribution in [-0.2, 0) is 0 Å². The Hall–Kier alpha value is -2.56. The zero-order valence-corrected chi connectivity index (χ0v) is 10.7. The molecule has 2 aromatic carbocycles. The van der Waals surface area contributed by atoms with E-state index in [4.69, 9.17) is 10.5 Å². The summed E-state index contributed by atoms with van der Waals surface area (Å²) in [6.45, 7) is 3.94. The molecule has 0 saturated heterocycles. The molecule has 0 bridgehead atoms. The van der Waals surface area contributed by atoms with Crippen LogP contribution in [0.5, 0.6) is 11.5 Å². The van der Waals surface area contributed by atoms with Crippen molar-refractivity contribution in [3.63, 3.8) is 0 Å². The molecule has 98 valence electrons. The second-order valence-corrected chi connectivity index (χ2v) is 4.40. The average Bonchev–Trinajstić information content (AvgIpc) is 2.30. The molecule has 0 heterocycles. The lowest BCUT2D eigenvalue weighted by molar-refractivity contribution is -0.384. The van der Waals surface area contributed by atoms with E-state index in [9.17, 15) is 10.1 Å². The summed E-state index contributed by atoms with van der Waals surface area (Å²) in [7, 11) is 0. The number of benzene rings is 2. The molecule has 0 unspecified atom stereocenters. The zero-order chi connectivity index (χ0) is 14.0. The van der Waals surface area contributed by atoms with Gasteiger partial charge >= 0.3 is 0 Å². The van der Waals surface area contributed by atoms with Crippen LogP contribution >= 0.6 is 0 Å². The van der Waals surface area contributed by atoms with Crippen molar-refractivity contribution in [2.24, 2.45) is 0 Å². The van der Waals surface area contributed by atoms with Crippen LogP contribution in [-0.4, -0.2) is 4.92 Å². The molecule has 0 atom stereocenters. The highest BCUT2D eigenvalue weighted by atomic mass is 16.6. The molecule has 0 spiro atoms. The van der Waals surface area contributed by atoms with Crippen molar-refractivity contribution in [3.05, 3.63) is 57.6 Å². The SMILES string of the molecule is Cc1cc(C)cc(Oc2ccc([N+](=O)[O-])cc2N)c1. The highest BCUT2D eigenvalue weighted by Gasteiger charge is 2.10. The highest BCUT2D eigenvalue weighted by Crippen LogP contribution is 2.31. The van der Waals surface area contributed by atoms with Crippen molar-refractivity contribution >= 4 is 11.4 Å². The third-order valence-corrected chi connectivity index (χ3v) is 2.63. The van der Waals surface area contributed by atoms with E-state index in [2.05, 4.69) is 0 Å². The summed E-state index contributed by atoms with van der Waals surface area (Å²) in [5.41, 5.74) is 8.11. The standard InChI is InChI=1S/C14H14N2O3/c1-9-5-10(2)7-12(6-9)19-14-4-3-11(16(17)18)8-13(14)15/h3-8H,15H2,1-2H3. The molecule has 5 nitrogen and oxygen atoms in total. The maximum atomic E-state index is 10.6. The Bertz CT molecular complexity index is 618. The Labute approximate surface area is 110 Å². The fraction of sp³-hybridized carbons (Fsp3) is 0.143. The number of non-ortho nitro benzene ring substituents is 1.